The van der Waals surface area contributed by atoms with Crippen LogP contribution in [-0.4, -0.2) is 17.3 Å². The third kappa shape index (κ3) is 4.21. The van der Waals surface area contributed by atoms with Crippen molar-refractivity contribution in [2.24, 2.45) is 5.92 Å². The van der Waals surface area contributed by atoms with Crippen LogP contribution in [0.4, 0.5) is 4.39 Å². The summed E-state index contributed by atoms with van der Waals surface area (Å²) >= 11 is 1.74. The van der Waals surface area contributed by atoms with Crippen molar-refractivity contribution in [1.29, 1.82) is 5.26 Å². The van der Waals surface area contributed by atoms with Crippen LogP contribution in [0.25, 0.3) is 0 Å². The quantitative estimate of drug-likeness (QED) is 0.793. The zero-order chi connectivity index (χ0) is 15.3. The molecule has 0 aliphatic heterocycles. The molecule has 0 radical (unpaired) electrons. The molecule has 0 heterocycles. The molecular formula is C17H23FN2S. The minimum atomic E-state index is -0.350. The Balaban J connectivity index is 1.89. The molecule has 1 aliphatic carbocycles. The van der Waals surface area contributed by atoms with Gasteiger partial charge in [-0.15, -0.1) is 11.8 Å². The Morgan fingerprint density at radius 2 is 2.14 bits per heavy atom. The van der Waals surface area contributed by atoms with Crippen LogP contribution < -0.4 is 5.32 Å². The molecule has 114 valence electrons. The van der Waals surface area contributed by atoms with Crippen LogP contribution in [0, 0.1) is 23.1 Å². The van der Waals surface area contributed by atoms with Gasteiger partial charge in [0.1, 0.15) is 11.4 Å². The maximum absolute atomic E-state index is 12.9. The number of rotatable bonds is 6. The van der Waals surface area contributed by atoms with Crippen molar-refractivity contribution in [1.82, 2.24) is 5.32 Å². The van der Waals surface area contributed by atoms with Gasteiger partial charge in [-0.25, -0.2) is 4.39 Å². The van der Waals surface area contributed by atoms with E-state index in [0.717, 1.165) is 36.3 Å². The monoisotopic (exact) mass is 306 g/mol. The number of hydrogen-bond acceptors (Lipinski definition) is 3. The molecule has 2 unspecified atom stereocenters. The van der Waals surface area contributed by atoms with Crippen molar-refractivity contribution in [3.05, 3.63) is 30.1 Å². The molecule has 2 nitrogen and oxygen atoms in total. The van der Waals surface area contributed by atoms with E-state index in [1.165, 1.54) is 12.1 Å². The maximum Gasteiger partial charge on any atom is 0.123 e. The summed E-state index contributed by atoms with van der Waals surface area (Å²) in [6.45, 7) is 4.20. The van der Waals surface area contributed by atoms with Crippen molar-refractivity contribution < 1.29 is 4.39 Å². The predicted octanol–water partition coefficient (Wildman–Crippen LogP) is 4.37. The summed E-state index contributed by atoms with van der Waals surface area (Å²) in [7, 11) is 0. The van der Waals surface area contributed by atoms with Crippen LogP contribution in [0.15, 0.2) is 29.2 Å². The lowest BCUT2D eigenvalue weighted by Gasteiger charge is -2.32. The number of benzene rings is 1. The van der Waals surface area contributed by atoms with Gasteiger partial charge in [-0.3, -0.25) is 5.32 Å². The summed E-state index contributed by atoms with van der Waals surface area (Å²) in [5.41, 5.74) is -0.350. The Kier molecular flexibility index (Phi) is 5.66. The van der Waals surface area contributed by atoms with E-state index < -0.39 is 0 Å². The van der Waals surface area contributed by atoms with Gasteiger partial charge in [-0.2, -0.15) is 5.26 Å². The molecule has 0 aromatic heterocycles. The summed E-state index contributed by atoms with van der Waals surface area (Å²) < 4.78 is 12.9. The molecule has 0 spiro atoms. The van der Waals surface area contributed by atoms with Crippen molar-refractivity contribution in [3.63, 3.8) is 0 Å². The lowest BCUT2D eigenvalue weighted by molar-refractivity contribution is 0.289. The number of hydrogen-bond donors (Lipinski definition) is 1. The number of thioether (sulfide) groups is 1. The molecule has 2 atom stereocenters. The molecule has 1 fully saturated rings. The van der Waals surface area contributed by atoms with Crippen LogP contribution in [0.1, 0.15) is 39.5 Å². The molecule has 2 rings (SSSR count). The Morgan fingerprint density at radius 1 is 1.43 bits per heavy atom. The molecule has 0 bridgehead atoms. The Labute approximate surface area is 131 Å². The number of halogens is 1. The lowest BCUT2D eigenvalue weighted by atomic mass is 9.86. The average Bonchev–Trinajstić information content (AvgIpc) is 2.84. The van der Waals surface area contributed by atoms with E-state index >= 15 is 0 Å². The highest BCUT2D eigenvalue weighted by molar-refractivity contribution is 7.99. The summed E-state index contributed by atoms with van der Waals surface area (Å²) in [4.78, 5) is 1.09. The minimum Gasteiger partial charge on any atom is -0.297 e. The first-order valence-corrected chi connectivity index (χ1v) is 8.61. The van der Waals surface area contributed by atoms with Gasteiger partial charge < -0.3 is 0 Å². The smallest absolute Gasteiger partial charge is 0.123 e. The van der Waals surface area contributed by atoms with Crippen molar-refractivity contribution in [2.75, 3.05) is 5.75 Å². The van der Waals surface area contributed by atoms with Gasteiger partial charge in [-0.1, -0.05) is 6.42 Å². The molecule has 1 saturated carbocycles. The highest BCUT2D eigenvalue weighted by Gasteiger charge is 2.42. The zero-order valence-electron chi connectivity index (χ0n) is 12.7. The van der Waals surface area contributed by atoms with E-state index in [-0.39, 0.29) is 11.4 Å². The van der Waals surface area contributed by atoms with Crippen LogP contribution in [0.2, 0.25) is 0 Å². The Hall–Kier alpha value is -1.05. The Morgan fingerprint density at radius 3 is 2.76 bits per heavy atom. The molecule has 1 aliphatic rings. The van der Waals surface area contributed by atoms with E-state index in [2.05, 4.69) is 25.2 Å². The summed E-state index contributed by atoms with van der Waals surface area (Å²) in [5, 5.41) is 13.1. The Bertz CT molecular complexity index is 495. The number of nitrogens with zero attached hydrogens (tertiary/aromatic N) is 1. The van der Waals surface area contributed by atoms with Gasteiger partial charge in [0.2, 0.25) is 0 Å². The molecule has 0 saturated heterocycles. The SMILES string of the molecule is CC(C)NC1(C#N)CCCC1CCSc1ccc(F)cc1. The number of nitrogens with one attached hydrogen (secondary N) is 1. The van der Waals surface area contributed by atoms with Crippen LogP contribution in [-0.2, 0) is 0 Å². The molecule has 1 aromatic rings. The molecule has 0 amide bonds. The van der Waals surface area contributed by atoms with Gasteiger partial charge in [0.25, 0.3) is 0 Å². The van der Waals surface area contributed by atoms with Gasteiger partial charge >= 0.3 is 0 Å². The summed E-state index contributed by atoms with van der Waals surface area (Å²) in [5.74, 6) is 1.19. The van der Waals surface area contributed by atoms with Crippen molar-refractivity contribution in [3.8, 4) is 6.07 Å². The molecule has 1 N–H and O–H groups in total. The second-order valence-electron chi connectivity index (χ2n) is 6.06. The van der Waals surface area contributed by atoms with Crippen molar-refractivity contribution in [2.45, 2.75) is 56.0 Å². The summed E-state index contributed by atoms with van der Waals surface area (Å²) in [6.07, 6.45) is 4.22. The first-order valence-electron chi connectivity index (χ1n) is 7.63. The van der Waals surface area contributed by atoms with Crippen LogP contribution in [0.3, 0.4) is 0 Å². The molecule has 1 aromatic carbocycles. The second kappa shape index (κ2) is 7.29. The van der Waals surface area contributed by atoms with Crippen LogP contribution in [0.5, 0.6) is 0 Å². The largest absolute Gasteiger partial charge is 0.297 e. The van der Waals surface area contributed by atoms with E-state index in [0.29, 0.717) is 12.0 Å². The molecule has 4 heteroatoms. The van der Waals surface area contributed by atoms with Gasteiger partial charge in [0.15, 0.2) is 0 Å². The predicted molar refractivity (Wildman–Crippen MR) is 85.7 cm³/mol. The average molecular weight is 306 g/mol. The fourth-order valence-electron chi connectivity index (χ4n) is 3.20. The fourth-order valence-corrected chi connectivity index (χ4v) is 4.17. The standard InChI is InChI=1S/C17H23FN2S/c1-13(2)20-17(12-19)10-3-4-14(17)9-11-21-16-7-5-15(18)6-8-16/h5-8,13-14,20H,3-4,9-11H2,1-2H3. The van der Waals surface area contributed by atoms with Crippen molar-refractivity contribution >= 4 is 11.8 Å². The van der Waals surface area contributed by atoms with E-state index in [9.17, 15) is 9.65 Å². The van der Waals surface area contributed by atoms with Gasteiger partial charge in [0.05, 0.1) is 6.07 Å². The normalized spacial score (nSPS) is 25.2. The highest BCUT2D eigenvalue weighted by Crippen LogP contribution is 2.39. The lowest BCUT2D eigenvalue weighted by Crippen LogP contribution is -2.50. The van der Waals surface area contributed by atoms with E-state index in [1.54, 1.807) is 11.8 Å². The molecular weight excluding hydrogens is 283 g/mol. The maximum atomic E-state index is 12.9. The third-order valence-electron chi connectivity index (χ3n) is 4.12. The van der Waals surface area contributed by atoms with E-state index in [4.69, 9.17) is 0 Å². The second-order valence-corrected chi connectivity index (χ2v) is 7.23. The topological polar surface area (TPSA) is 35.8 Å². The minimum absolute atomic E-state index is 0.195. The van der Waals surface area contributed by atoms with Gasteiger partial charge in [-0.05, 0) is 69.0 Å². The fraction of sp³-hybridized carbons (Fsp3) is 0.588. The van der Waals surface area contributed by atoms with E-state index in [1.807, 2.05) is 12.1 Å². The highest BCUT2D eigenvalue weighted by atomic mass is 32.2. The third-order valence-corrected chi connectivity index (χ3v) is 5.16. The molecule has 21 heavy (non-hydrogen) atoms. The first kappa shape index (κ1) is 16.3. The van der Waals surface area contributed by atoms with Gasteiger partial charge in [0, 0.05) is 10.9 Å². The summed E-state index contributed by atoms with van der Waals surface area (Å²) in [6, 6.07) is 9.51. The first-order chi connectivity index (χ1) is 10.1. The number of nitriles is 1. The zero-order valence-corrected chi connectivity index (χ0v) is 13.5. The van der Waals surface area contributed by atoms with Crippen LogP contribution >= 0.6 is 11.8 Å².